The fourth-order valence-corrected chi connectivity index (χ4v) is 3.87. The van der Waals surface area contributed by atoms with Gasteiger partial charge in [-0.2, -0.15) is 0 Å². The van der Waals surface area contributed by atoms with Crippen LogP contribution in [0.3, 0.4) is 0 Å². The summed E-state index contributed by atoms with van der Waals surface area (Å²) in [5.41, 5.74) is 0. The molecule has 4 nitrogen and oxygen atoms in total. The molecule has 0 radical (unpaired) electrons. The molecule has 1 aliphatic carbocycles. The molecule has 1 heterocycles. The SMILES string of the molecule is CCOC(=O)C1CCCCC12NC(=O)CS2. The largest absolute Gasteiger partial charge is 0.466 e. The van der Waals surface area contributed by atoms with E-state index in [0.29, 0.717) is 12.4 Å². The first kappa shape index (κ1) is 11.8. The monoisotopic (exact) mass is 243 g/mol. The Bertz CT molecular complexity index is 308. The molecule has 1 aliphatic heterocycles. The van der Waals surface area contributed by atoms with Crippen molar-refractivity contribution < 1.29 is 14.3 Å². The van der Waals surface area contributed by atoms with Gasteiger partial charge in [-0.15, -0.1) is 11.8 Å². The summed E-state index contributed by atoms with van der Waals surface area (Å²) < 4.78 is 5.10. The lowest BCUT2D eigenvalue weighted by atomic mass is 9.83. The van der Waals surface area contributed by atoms with Crippen molar-refractivity contribution in [1.82, 2.24) is 5.32 Å². The van der Waals surface area contributed by atoms with Gasteiger partial charge in [0.2, 0.25) is 5.91 Å². The second-order valence-electron chi connectivity index (χ2n) is 4.28. The minimum absolute atomic E-state index is 0.0428. The van der Waals surface area contributed by atoms with Crippen LogP contribution < -0.4 is 5.32 Å². The quantitative estimate of drug-likeness (QED) is 0.743. The molecule has 1 spiro atoms. The van der Waals surface area contributed by atoms with Crippen molar-refractivity contribution in [3.8, 4) is 0 Å². The van der Waals surface area contributed by atoms with E-state index in [1.165, 1.54) is 0 Å². The number of ether oxygens (including phenoxy) is 1. The Labute approximate surface area is 99.5 Å². The van der Waals surface area contributed by atoms with Crippen LogP contribution in [0.15, 0.2) is 0 Å². The molecular formula is C11H17NO3S. The number of hydrogen-bond donors (Lipinski definition) is 1. The Morgan fingerprint density at radius 1 is 1.62 bits per heavy atom. The highest BCUT2D eigenvalue weighted by Gasteiger charge is 2.50. The average Bonchev–Trinajstić information content (AvgIpc) is 2.61. The van der Waals surface area contributed by atoms with Crippen molar-refractivity contribution >= 4 is 23.6 Å². The van der Waals surface area contributed by atoms with Crippen molar-refractivity contribution in [1.29, 1.82) is 0 Å². The summed E-state index contributed by atoms with van der Waals surface area (Å²) in [5, 5.41) is 2.98. The maximum Gasteiger partial charge on any atom is 0.312 e. The fourth-order valence-electron chi connectivity index (χ4n) is 2.52. The topological polar surface area (TPSA) is 55.4 Å². The van der Waals surface area contributed by atoms with E-state index in [1.54, 1.807) is 11.8 Å². The first-order valence-corrected chi connectivity index (χ1v) is 6.78. The van der Waals surface area contributed by atoms with Gasteiger partial charge in [-0.1, -0.05) is 12.8 Å². The molecule has 0 aromatic heterocycles. The highest BCUT2D eigenvalue weighted by atomic mass is 32.2. The standard InChI is InChI=1S/C11H17NO3S/c1-2-15-10(14)8-5-3-4-6-11(8)12-9(13)7-16-11/h8H,2-7H2,1H3,(H,12,13). The van der Waals surface area contributed by atoms with Gasteiger partial charge in [0.25, 0.3) is 0 Å². The Morgan fingerprint density at radius 2 is 2.44 bits per heavy atom. The summed E-state index contributed by atoms with van der Waals surface area (Å²) in [6.45, 7) is 2.22. The summed E-state index contributed by atoms with van der Waals surface area (Å²) in [4.78, 5) is 22.9. The molecule has 0 aromatic carbocycles. The van der Waals surface area contributed by atoms with E-state index < -0.39 is 0 Å². The van der Waals surface area contributed by atoms with Crippen LogP contribution in [0.5, 0.6) is 0 Å². The predicted octanol–water partition coefficient (Wildman–Crippen LogP) is 1.30. The molecule has 90 valence electrons. The van der Waals surface area contributed by atoms with Gasteiger partial charge < -0.3 is 10.1 Å². The third-order valence-electron chi connectivity index (χ3n) is 3.24. The van der Waals surface area contributed by atoms with Gasteiger partial charge in [0.15, 0.2) is 0 Å². The van der Waals surface area contributed by atoms with Crippen LogP contribution >= 0.6 is 11.8 Å². The molecule has 2 fully saturated rings. The van der Waals surface area contributed by atoms with Crippen molar-refractivity contribution in [3.05, 3.63) is 0 Å². The first-order valence-electron chi connectivity index (χ1n) is 5.79. The Hall–Kier alpha value is -0.710. The lowest BCUT2D eigenvalue weighted by Crippen LogP contribution is -2.51. The van der Waals surface area contributed by atoms with Crippen molar-refractivity contribution in [3.63, 3.8) is 0 Å². The summed E-state index contributed by atoms with van der Waals surface area (Å²) in [6.07, 6.45) is 3.82. The van der Waals surface area contributed by atoms with E-state index in [4.69, 9.17) is 4.74 Å². The summed E-state index contributed by atoms with van der Waals surface area (Å²) in [6, 6.07) is 0. The number of nitrogens with one attached hydrogen (secondary N) is 1. The number of carbonyl (C=O) groups is 2. The maximum absolute atomic E-state index is 11.9. The average molecular weight is 243 g/mol. The molecule has 2 atom stereocenters. The molecule has 16 heavy (non-hydrogen) atoms. The normalized spacial score (nSPS) is 33.8. The Balaban J connectivity index is 2.13. The van der Waals surface area contributed by atoms with E-state index >= 15 is 0 Å². The molecule has 0 aromatic rings. The lowest BCUT2D eigenvalue weighted by Gasteiger charge is -2.38. The molecule has 2 aliphatic rings. The fraction of sp³-hybridized carbons (Fsp3) is 0.818. The van der Waals surface area contributed by atoms with Gasteiger partial charge in [-0.05, 0) is 19.8 Å². The third kappa shape index (κ3) is 2.05. The van der Waals surface area contributed by atoms with Gasteiger partial charge in [-0.25, -0.2) is 0 Å². The van der Waals surface area contributed by atoms with Crippen LogP contribution in [0.1, 0.15) is 32.6 Å². The van der Waals surface area contributed by atoms with E-state index in [2.05, 4.69) is 5.32 Å². The van der Waals surface area contributed by atoms with Gasteiger partial charge in [0, 0.05) is 0 Å². The van der Waals surface area contributed by atoms with Crippen molar-refractivity contribution in [2.45, 2.75) is 37.5 Å². The Morgan fingerprint density at radius 3 is 3.06 bits per heavy atom. The highest BCUT2D eigenvalue weighted by molar-refractivity contribution is 8.01. The summed E-state index contributed by atoms with van der Waals surface area (Å²) in [5.74, 6) is 0.186. The van der Waals surface area contributed by atoms with Crippen LogP contribution in [-0.2, 0) is 14.3 Å². The number of rotatable bonds is 2. The molecule has 1 saturated heterocycles. The number of amides is 1. The predicted molar refractivity (Wildman–Crippen MR) is 61.9 cm³/mol. The zero-order valence-corrected chi connectivity index (χ0v) is 10.3. The van der Waals surface area contributed by atoms with Crippen LogP contribution in [0.25, 0.3) is 0 Å². The molecule has 5 heteroatoms. The first-order chi connectivity index (χ1) is 7.68. The van der Waals surface area contributed by atoms with Crippen LogP contribution in [0, 0.1) is 5.92 Å². The van der Waals surface area contributed by atoms with E-state index in [-0.39, 0.29) is 22.7 Å². The zero-order chi connectivity index (χ0) is 11.6. The summed E-state index contributed by atoms with van der Waals surface area (Å²) >= 11 is 1.57. The number of thioether (sulfide) groups is 1. The van der Waals surface area contributed by atoms with Crippen molar-refractivity contribution in [2.24, 2.45) is 5.92 Å². The number of esters is 1. The molecule has 1 saturated carbocycles. The van der Waals surface area contributed by atoms with Crippen molar-refractivity contribution in [2.75, 3.05) is 12.4 Å². The minimum atomic E-state index is -0.373. The lowest BCUT2D eigenvalue weighted by molar-refractivity contribution is -0.150. The number of hydrogen-bond acceptors (Lipinski definition) is 4. The molecule has 2 unspecified atom stereocenters. The highest BCUT2D eigenvalue weighted by Crippen LogP contribution is 2.45. The van der Waals surface area contributed by atoms with E-state index in [0.717, 1.165) is 25.7 Å². The van der Waals surface area contributed by atoms with Crippen LogP contribution in [-0.4, -0.2) is 29.1 Å². The second-order valence-corrected chi connectivity index (χ2v) is 5.58. The van der Waals surface area contributed by atoms with Gasteiger partial charge in [0.1, 0.15) is 0 Å². The molecule has 0 bridgehead atoms. The molecule has 2 rings (SSSR count). The molecular weight excluding hydrogens is 226 g/mol. The smallest absolute Gasteiger partial charge is 0.312 e. The minimum Gasteiger partial charge on any atom is -0.466 e. The Kier molecular flexibility index (Phi) is 3.42. The number of carbonyl (C=O) groups excluding carboxylic acids is 2. The zero-order valence-electron chi connectivity index (χ0n) is 9.45. The van der Waals surface area contributed by atoms with Crippen LogP contribution in [0.2, 0.25) is 0 Å². The van der Waals surface area contributed by atoms with E-state index in [1.807, 2.05) is 6.92 Å². The second kappa shape index (κ2) is 4.65. The maximum atomic E-state index is 11.9. The van der Waals surface area contributed by atoms with Crippen LogP contribution in [0.4, 0.5) is 0 Å². The van der Waals surface area contributed by atoms with Gasteiger partial charge >= 0.3 is 5.97 Å². The summed E-state index contributed by atoms with van der Waals surface area (Å²) in [7, 11) is 0. The van der Waals surface area contributed by atoms with Gasteiger partial charge in [-0.3, -0.25) is 9.59 Å². The molecule has 1 N–H and O–H groups in total. The van der Waals surface area contributed by atoms with Gasteiger partial charge in [0.05, 0.1) is 23.1 Å². The van der Waals surface area contributed by atoms with E-state index in [9.17, 15) is 9.59 Å². The molecule has 1 amide bonds. The third-order valence-corrected chi connectivity index (χ3v) is 4.75.